The van der Waals surface area contributed by atoms with E-state index in [0.717, 1.165) is 5.92 Å². The van der Waals surface area contributed by atoms with Crippen molar-refractivity contribution in [2.24, 2.45) is 5.92 Å². The second-order valence-corrected chi connectivity index (χ2v) is 7.58. The van der Waals surface area contributed by atoms with Crippen molar-refractivity contribution in [3.63, 3.8) is 0 Å². The minimum absolute atomic E-state index is 0.166. The van der Waals surface area contributed by atoms with Crippen molar-refractivity contribution < 1.29 is 0 Å². The molecule has 2 aromatic rings. The van der Waals surface area contributed by atoms with Gasteiger partial charge in [0.1, 0.15) is 0 Å². The molecule has 0 N–H and O–H groups in total. The van der Waals surface area contributed by atoms with Crippen LogP contribution in [0.3, 0.4) is 0 Å². The highest BCUT2D eigenvalue weighted by atomic mass is 15.4. The summed E-state index contributed by atoms with van der Waals surface area (Å²) in [6.45, 7) is 3.61. The average molecular weight is 320 g/mol. The normalized spacial score (nSPS) is 27.8. The maximum Gasteiger partial charge on any atom is 0.0938 e. The minimum Gasteiger partial charge on any atom is -0.356 e. The molecule has 1 aliphatic carbocycles. The Bertz CT molecular complexity index is 669. The maximum absolute atomic E-state index is 2.78. The molecule has 3 atom stereocenters. The van der Waals surface area contributed by atoms with Crippen LogP contribution in [0.15, 0.2) is 60.7 Å². The predicted molar refractivity (Wildman–Crippen MR) is 101 cm³/mol. The number of rotatable bonds is 4. The third-order valence-corrected chi connectivity index (χ3v) is 6.31. The van der Waals surface area contributed by atoms with E-state index in [2.05, 4.69) is 84.4 Å². The van der Waals surface area contributed by atoms with Crippen LogP contribution in [0.5, 0.6) is 0 Å². The van der Waals surface area contributed by atoms with E-state index in [4.69, 9.17) is 0 Å². The molecule has 3 unspecified atom stereocenters. The Kier molecular flexibility index (Phi) is 4.09. The molecule has 1 saturated carbocycles. The summed E-state index contributed by atoms with van der Waals surface area (Å²) in [7, 11) is 2.30. The van der Waals surface area contributed by atoms with Crippen LogP contribution in [-0.2, 0) is 0 Å². The van der Waals surface area contributed by atoms with Gasteiger partial charge in [-0.2, -0.15) is 0 Å². The van der Waals surface area contributed by atoms with Crippen molar-refractivity contribution in [3.8, 4) is 0 Å². The zero-order chi connectivity index (χ0) is 16.6. The predicted octanol–water partition coefficient (Wildman–Crippen LogP) is 5.09. The lowest BCUT2D eigenvalue weighted by molar-refractivity contribution is 0.0833. The van der Waals surface area contributed by atoms with E-state index < -0.39 is 0 Å². The molecule has 1 heterocycles. The number of hydrogen-bond donors (Lipinski definition) is 0. The highest BCUT2D eigenvalue weighted by Crippen LogP contribution is 2.50. The fourth-order valence-electron chi connectivity index (χ4n) is 5.02. The van der Waals surface area contributed by atoms with Crippen molar-refractivity contribution in [2.75, 3.05) is 18.5 Å². The Hall–Kier alpha value is -1.80. The second-order valence-electron chi connectivity index (χ2n) is 7.58. The molecule has 2 bridgehead atoms. The Morgan fingerprint density at radius 2 is 1.71 bits per heavy atom. The largest absolute Gasteiger partial charge is 0.356 e. The van der Waals surface area contributed by atoms with Crippen molar-refractivity contribution in [2.45, 2.75) is 44.3 Å². The van der Waals surface area contributed by atoms with Gasteiger partial charge in [-0.05, 0) is 56.2 Å². The molecule has 0 aromatic heterocycles. The second kappa shape index (κ2) is 6.25. The summed E-state index contributed by atoms with van der Waals surface area (Å²) in [5, 5.41) is 0. The molecule has 2 nitrogen and oxygen atoms in total. The zero-order valence-electron chi connectivity index (χ0n) is 14.9. The highest BCUT2D eigenvalue weighted by molar-refractivity contribution is 5.48. The lowest BCUT2D eigenvalue weighted by atomic mass is 9.84. The van der Waals surface area contributed by atoms with Crippen molar-refractivity contribution in [1.29, 1.82) is 0 Å². The number of anilines is 1. The summed E-state index contributed by atoms with van der Waals surface area (Å²) in [6.07, 6.45) is 5.31. The van der Waals surface area contributed by atoms with Gasteiger partial charge in [-0.25, -0.2) is 0 Å². The number of nitrogens with zero attached hydrogens (tertiary/aromatic N) is 2. The Morgan fingerprint density at radius 3 is 2.42 bits per heavy atom. The SMILES string of the molecule is CC(c1ccccc1)N1CC2CCCC1(N(C)c1ccccc1)C2. The number of para-hydroxylation sites is 1. The molecule has 1 saturated heterocycles. The molecular weight excluding hydrogens is 292 g/mol. The molecule has 126 valence electrons. The summed E-state index contributed by atoms with van der Waals surface area (Å²) < 4.78 is 0. The minimum atomic E-state index is 0.166. The van der Waals surface area contributed by atoms with Crippen LogP contribution >= 0.6 is 0 Å². The lowest BCUT2D eigenvalue weighted by Gasteiger charge is -2.50. The van der Waals surface area contributed by atoms with Gasteiger partial charge in [0, 0.05) is 25.3 Å². The smallest absolute Gasteiger partial charge is 0.0938 e. The summed E-state index contributed by atoms with van der Waals surface area (Å²) in [4.78, 5) is 5.35. The molecule has 4 rings (SSSR count). The highest BCUT2D eigenvalue weighted by Gasteiger charge is 2.52. The van der Waals surface area contributed by atoms with Crippen LogP contribution in [0.2, 0.25) is 0 Å². The first-order valence-electron chi connectivity index (χ1n) is 9.31. The van der Waals surface area contributed by atoms with Gasteiger partial charge in [-0.15, -0.1) is 0 Å². The van der Waals surface area contributed by atoms with E-state index >= 15 is 0 Å². The third-order valence-electron chi connectivity index (χ3n) is 6.31. The quantitative estimate of drug-likeness (QED) is 0.774. The van der Waals surface area contributed by atoms with Gasteiger partial charge in [-0.1, -0.05) is 48.5 Å². The Labute approximate surface area is 146 Å². The van der Waals surface area contributed by atoms with Crippen LogP contribution < -0.4 is 4.90 Å². The first kappa shape index (κ1) is 15.7. The van der Waals surface area contributed by atoms with Crippen LogP contribution in [0.25, 0.3) is 0 Å². The molecule has 2 aromatic carbocycles. The first-order chi connectivity index (χ1) is 11.7. The van der Waals surface area contributed by atoms with Crippen molar-refractivity contribution in [3.05, 3.63) is 66.2 Å². The monoisotopic (exact) mass is 320 g/mol. The molecule has 0 radical (unpaired) electrons. The van der Waals surface area contributed by atoms with Crippen LogP contribution in [0.1, 0.15) is 44.2 Å². The van der Waals surface area contributed by atoms with Crippen LogP contribution in [-0.4, -0.2) is 24.2 Å². The number of benzene rings is 2. The van der Waals surface area contributed by atoms with Gasteiger partial charge < -0.3 is 4.90 Å². The zero-order valence-corrected chi connectivity index (χ0v) is 14.9. The molecular formula is C22H28N2. The molecule has 2 aliphatic rings. The molecule has 24 heavy (non-hydrogen) atoms. The first-order valence-corrected chi connectivity index (χ1v) is 9.31. The van der Waals surface area contributed by atoms with Crippen LogP contribution in [0.4, 0.5) is 5.69 Å². The molecule has 0 spiro atoms. The molecule has 1 aliphatic heterocycles. The maximum atomic E-state index is 2.78. The Morgan fingerprint density at radius 1 is 1.04 bits per heavy atom. The van der Waals surface area contributed by atoms with E-state index in [1.54, 1.807) is 0 Å². The third kappa shape index (κ3) is 2.53. The van der Waals surface area contributed by atoms with E-state index in [9.17, 15) is 0 Å². The molecule has 2 fully saturated rings. The van der Waals surface area contributed by atoms with Gasteiger partial charge in [-0.3, -0.25) is 4.90 Å². The van der Waals surface area contributed by atoms with Crippen molar-refractivity contribution >= 4 is 5.69 Å². The molecule has 0 amide bonds. The molecule has 2 heteroatoms. The van der Waals surface area contributed by atoms with Gasteiger partial charge in [0.2, 0.25) is 0 Å². The fraction of sp³-hybridized carbons (Fsp3) is 0.455. The Balaban J connectivity index is 1.70. The lowest BCUT2D eigenvalue weighted by Crippen LogP contribution is -2.57. The summed E-state index contributed by atoms with van der Waals surface area (Å²) >= 11 is 0. The summed E-state index contributed by atoms with van der Waals surface area (Å²) in [5.41, 5.74) is 2.94. The average Bonchev–Trinajstić information content (AvgIpc) is 2.92. The summed E-state index contributed by atoms with van der Waals surface area (Å²) in [5.74, 6) is 0.844. The number of likely N-dealkylation sites (tertiary alicyclic amines) is 1. The number of hydrogen-bond acceptors (Lipinski definition) is 2. The van der Waals surface area contributed by atoms with Gasteiger partial charge in [0.05, 0.1) is 5.66 Å². The van der Waals surface area contributed by atoms with Gasteiger partial charge >= 0.3 is 0 Å². The van der Waals surface area contributed by atoms with Crippen LogP contribution in [0, 0.1) is 5.92 Å². The van der Waals surface area contributed by atoms with E-state index in [1.165, 1.54) is 43.5 Å². The van der Waals surface area contributed by atoms with E-state index in [1.807, 2.05) is 0 Å². The van der Waals surface area contributed by atoms with E-state index in [0.29, 0.717) is 6.04 Å². The number of fused-ring (bicyclic) bond motifs is 2. The fourth-order valence-corrected chi connectivity index (χ4v) is 5.02. The topological polar surface area (TPSA) is 6.48 Å². The van der Waals surface area contributed by atoms with E-state index in [-0.39, 0.29) is 5.66 Å². The van der Waals surface area contributed by atoms with Gasteiger partial charge in [0.15, 0.2) is 0 Å². The van der Waals surface area contributed by atoms with Gasteiger partial charge in [0.25, 0.3) is 0 Å². The standard InChI is InChI=1S/C22H28N2/c1-18(20-11-5-3-6-12-20)24-17-19-10-9-15-22(24,16-19)23(2)21-13-7-4-8-14-21/h3-8,11-14,18-19H,9-10,15-17H2,1-2H3. The summed E-state index contributed by atoms with van der Waals surface area (Å²) in [6, 6.07) is 22.4. The van der Waals surface area contributed by atoms with Crippen molar-refractivity contribution in [1.82, 2.24) is 4.90 Å².